The van der Waals surface area contributed by atoms with Crippen LogP contribution in [0.3, 0.4) is 0 Å². The Balaban J connectivity index is 1.95. The van der Waals surface area contributed by atoms with Crippen LogP contribution in [0.2, 0.25) is 0 Å². The fraction of sp³-hybridized carbons (Fsp3) is 0.250. The standard InChI is InChI=1S/C16H16O3S/c17-11-14-15(12-7-3-1-4-8-12)16(14)20(18,19)13-9-5-2-6-10-13/h1-10,14-17H,11H2/t14-,15+,16-/m0/s1. The van der Waals surface area contributed by atoms with Crippen LogP contribution in [0, 0.1) is 5.92 Å². The summed E-state index contributed by atoms with van der Waals surface area (Å²) in [7, 11) is -3.38. The molecule has 4 heteroatoms. The van der Waals surface area contributed by atoms with Crippen LogP contribution in [0.4, 0.5) is 0 Å². The third-order valence-electron chi connectivity index (χ3n) is 3.92. The van der Waals surface area contributed by atoms with Gasteiger partial charge in [-0.3, -0.25) is 0 Å². The first-order chi connectivity index (χ1) is 9.66. The Morgan fingerprint density at radius 1 is 0.900 bits per heavy atom. The van der Waals surface area contributed by atoms with Crippen LogP contribution in [0.25, 0.3) is 0 Å². The first-order valence-electron chi connectivity index (χ1n) is 6.61. The fourth-order valence-electron chi connectivity index (χ4n) is 2.86. The minimum Gasteiger partial charge on any atom is -0.396 e. The van der Waals surface area contributed by atoms with Crippen molar-refractivity contribution in [2.24, 2.45) is 5.92 Å². The van der Waals surface area contributed by atoms with Crippen LogP contribution in [0.15, 0.2) is 65.6 Å². The first kappa shape index (κ1) is 13.3. The summed E-state index contributed by atoms with van der Waals surface area (Å²) < 4.78 is 25.3. The van der Waals surface area contributed by atoms with Crippen LogP contribution < -0.4 is 0 Å². The topological polar surface area (TPSA) is 54.4 Å². The Kier molecular flexibility index (Phi) is 3.36. The molecule has 20 heavy (non-hydrogen) atoms. The van der Waals surface area contributed by atoms with Crippen LogP contribution in [0.5, 0.6) is 0 Å². The second-order valence-electron chi connectivity index (χ2n) is 5.11. The summed E-state index contributed by atoms with van der Waals surface area (Å²) in [6.45, 7) is -0.101. The Morgan fingerprint density at radius 3 is 2.00 bits per heavy atom. The minimum absolute atomic E-state index is 0.101. The maximum atomic E-state index is 12.6. The highest BCUT2D eigenvalue weighted by molar-refractivity contribution is 7.92. The molecule has 2 aromatic carbocycles. The molecule has 1 saturated carbocycles. The molecule has 0 radical (unpaired) electrons. The van der Waals surface area contributed by atoms with Crippen LogP contribution in [-0.4, -0.2) is 25.4 Å². The molecule has 0 spiro atoms. The van der Waals surface area contributed by atoms with E-state index < -0.39 is 15.1 Å². The number of benzene rings is 2. The zero-order chi connectivity index (χ0) is 14.2. The van der Waals surface area contributed by atoms with Gasteiger partial charge in [0.15, 0.2) is 9.84 Å². The van der Waals surface area contributed by atoms with E-state index in [-0.39, 0.29) is 18.4 Å². The lowest BCUT2D eigenvalue weighted by atomic mass is 10.1. The van der Waals surface area contributed by atoms with Crippen molar-refractivity contribution in [3.05, 3.63) is 66.2 Å². The summed E-state index contributed by atoms with van der Waals surface area (Å²) in [5, 5.41) is 8.94. The summed E-state index contributed by atoms with van der Waals surface area (Å²) in [6.07, 6.45) is 0. The van der Waals surface area contributed by atoms with Crippen LogP contribution >= 0.6 is 0 Å². The largest absolute Gasteiger partial charge is 0.396 e. The average molecular weight is 288 g/mol. The molecule has 0 aromatic heterocycles. The second kappa shape index (κ2) is 5.04. The van der Waals surface area contributed by atoms with Crippen molar-refractivity contribution in [1.82, 2.24) is 0 Å². The molecule has 0 bridgehead atoms. The van der Waals surface area contributed by atoms with Gasteiger partial charge in [-0.15, -0.1) is 0 Å². The van der Waals surface area contributed by atoms with Gasteiger partial charge in [-0.1, -0.05) is 48.5 Å². The van der Waals surface area contributed by atoms with Crippen molar-refractivity contribution in [3.63, 3.8) is 0 Å². The average Bonchev–Trinajstić information content (AvgIpc) is 3.24. The Labute approximate surface area is 118 Å². The number of aliphatic hydroxyl groups excluding tert-OH is 1. The van der Waals surface area contributed by atoms with Gasteiger partial charge in [0.2, 0.25) is 0 Å². The van der Waals surface area contributed by atoms with Crippen LogP contribution in [-0.2, 0) is 9.84 Å². The van der Waals surface area contributed by atoms with E-state index in [0.717, 1.165) is 5.56 Å². The molecule has 2 aromatic rings. The molecule has 0 heterocycles. The lowest BCUT2D eigenvalue weighted by molar-refractivity contribution is 0.274. The Bertz CT molecular complexity index is 680. The molecular weight excluding hydrogens is 272 g/mol. The first-order valence-corrected chi connectivity index (χ1v) is 8.15. The summed E-state index contributed by atoms with van der Waals surface area (Å²) in [4.78, 5) is 0.335. The minimum atomic E-state index is -3.38. The molecule has 1 fully saturated rings. The third kappa shape index (κ3) is 2.15. The predicted molar refractivity (Wildman–Crippen MR) is 77.2 cm³/mol. The lowest BCUT2D eigenvalue weighted by Crippen LogP contribution is -2.11. The van der Waals surface area contributed by atoms with Crippen LogP contribution in [0.1, 0.15) is 11.5 Å². The fourth-order valence-corrected chi connectivity index (χ4v) is 5.08. The number of sulfone groups is 1. The summed E-state index contributed by atoms with van der Waals surface area (Å²) in [5.74, 6) is -0.311. The maximum absolute atomic E-state index is 12.6. The maximum Gasteiger partial charge on any atom is 0.182 e. The SMILES string of the molecule is O=S(=O)(c1ccccc1)[C@H]1[C@@H](CO)[C@H]1c1ccccc1. The van der Waals surface area contributed by atoms with Crippen molar-refractivity contribution in [2.75, 3.05) is 6.61 Å². The zero-order valence-electron chi connectivity index (χ0n) is 10.9. The molecule has 0 amide bonds. The molecular formula is C16H16O3S. The smallest absolute Gasteiger partial charge is 0.182 e. The van der Waals surface area contributed by atoms with Gasteiger partial charge in [-0.05, 0) is 17.7 Å². The monoisotopic (exact) mass is 288 g/mol. The number of hydrogen-bond donors (Lipinski definition) is 1. The molecule has 1 N–H and O–H groups in total. The zero-order valence-corrected chi connectivity index (χ0v) is 11.7. The van der Waals surface area contributed by atoms with E-state index in [2.05, 4.69) is 0 Å². The highest BCUT2D eigenvalue weighted by Crippen LogP contribution is 2.53. The van der Waals surface area contributed by atoms with E-state index >= 15 is 0 Å². The molecule has 1 aliphatic carbocycles. The van der Waals surface area contributed by atoms with Crippen molar-refractivity contribution in [3.8, 4) is 0 Å². The molecule has 0 aliphatic heterocycles. The van der Waals surface area contributed by atoms with E-state index in [9.17, 15) is 13.5 Å². The molecule has 0 unspecified atom stereocenters. The number of rotatable bonds is 4. The molecule has 3 rings (SSSR count). The normalized spacial score (nSPS) is 25.4. The quantitative estimate of drug-likeness (QED) is 0.938. The van der Waals surface area contributed by atoms with Crippen molar-refractivity contribution in [1.29, 1.82) is 0 Å². The second-order valence-corrected chi connectivity index (χ2v) is 7.21. The predicted octanol–water partition coefficient (Wildman–Crippen LogP) is 2.23. The molecule has 3 atom stereocenters. The number of hydrogen-bond acceptors (Lipinski definition) is 3. The van der Waals surface area contributed by atoms with Gasteiger partial charge in [-0.25, -0.2) is 8.42 Å². The van der Waals surface area contributed by atoms with Gasteiger partial charge >= 0.3 is 0 Å². The van der Waals surface area contributed by atoms with Crippen molar-refractivity contribution in [2.45, 2.75) is 16.1 Å². The molecule has 1 aliphatic rings. The van der Waals surface area contributed by atoms with Crippen molar-refractivity contribution >= 4 is 9.84 Å². The van der Waals surface area contributed by atoms with Gasteiger partial charge in [0.05, 0.1) is 10.1 Å². The molecule has 104 valence electrons. The highest BCUT2D eigenvalue weighted by Gasteiger charge is 2.58. The summed E-state index contributed by atoms with van der Waals surface area (Å²) in [5.41, 5.74) is 0.982. The molecule has 0 saturated heterocycles. The number of aliphatic hydroxyl groups is 1. The van der Waals surface area contributed by atoms with Gasteiger partial charge in [0, 0.05) is 18.4 Å². The third-order valence-corrected chi connectivity index (χ3v) is 6.21. The Hall–Kier alpha value is -1.65. The Morgan fingerprint density at radius 2 is 1.45 bits per heavy atom. The lowest BCUT2D eigenvalue weighted by Gasteiger charge is -2.03. The highest BCUT2D eigenvalue weighted by atomic mass is 32.2. The van der Waals surface area contributed by atoms with E-state index in [0.29, 0.717) is 4.90 Å². The van der Waals surface area contributed by atoms with E-state index in [4.69, 9.17) is 0 Å². The van der Waals surface area contributed by atoms with E-state index in [1.807, 2.05) is 30.3 Å². The summed E-state index contributed by atoms with van der Waals surface area (Å²) in [6, 6.07) is 18.0. The molecule has 3 nitrogen and oxygen atoms in total. The summed E-state index contributed by atoms with van der Waals surface area (Å²) >= 11 is 0. The van der Waals surface area contributed by atoms with Gasteiger partial charge in [-0.2, -0.15) is 0 Å². The van der Waals surface area contributed by atoms with Crippen molar-refractivity contribution < 1.29 is 13.5 Å². The van der Waals surface area contributed by atoms with E-state index in [1.54, 1.807) is 30.3 Å². The van der Waals surface area contributed by atoms with Gasteiger partial charge in [0.1, 0.15) is 0 Å². The van der Waals surface area contributed by atoms with Gasteiger partial charge in [0.25, 0.3) is 0 Å². The van der Waals surface area contributed by atoms with Gasteiger partial charge < -0.3 is 5.11 Å². The van der Waals surface area contributed by atoms with E-state index in [1.165, 1.54) is 0 Å².